The van der Waals surface area contributed by atoms with Gasteiger partial charge in [0.15, 0.2) is 11.6 Å². The second-order valence-corrected chi connectivity index (χ2v) is 4.07. The summed E-state index contributed by atoms with van der Waals surface area (Å²) in [5.41, 5.74) is -0.623. The van der Waals surface area contributed by atoms with Gasteiger partial charge in [0.25, 0.3) is 0 Å². The molecule has 14 heavy (non-hydrogen) atoms. The Balaban J connectivity index is 2.80. The van der Waals surface area contributed by atoms with Gasteiger partial charge in [-0.3, -0.25) is 4.79 Å². The fourth-order valence-corrected chi connectivity index (χ4v) is 0.780. The van der Waals surface area contributed by atoms with Crippen LogP contribution in [0.2, 0.25) is 0 Å². The van der Waals surface area contributed by atoms with Gasteiger partial charge in [-0.05, 0) is 32.9 Å². The van der Waals surface area contributed by atoms with E-state index in [1.165, 1.54) is 12.1 Å². The lowest BCUT2D eigenvalue weighted by Gasteiger charge is -2.16. The van der Waals surface area contributed by atoms with Gasteiger partial charge in [-0.15, -0.1) is 0 Å². The van der Waals surface area contributed by atoms with E-state index in [0.717, 1.165) is 0 Å². The first-order valence-electron chi connectivity index (χ1n) is 4.38. The van der Waals surface area contributed by atoms with E-state index in [1.54, 1.807) is 32.9 Å². The first-order valence-corrected chi connectivity index (χ1v) is 4.38. The van der Waals surface area contributed by atoms with E-state index in [9.17, 15) is 9.18 Å². The smallest absolute Gasteiger partial charge is 0.316 e. The van der Waals surface area contributed by atoms with Crippen molar-refractivity contribution in [2.45, 2.75) is 20.8 Å². The number of hydrogen-bond acceptors (Lipinski definition) is 2. The molecule has 0 radical (unpaired) electrons. The maximum Gasteiger partial charge on any atom is 0.316 e. The third-order valence-electron chi connectivity index (χ3n) is 1.65. The zero-order valence-electron chi connectivity index (χ0n) is 8.50. The van der Waals surface area contributed by atoms with E-state index in [4.69, 9.17) is 4.74 Å². The number of para-hydroxylation sites is 1. The van der Waals surface area contributed by atoms with Crippen molar-refractivity contribution in [3.05, 3.63) is 30.1 Å². The van der Waals surface area contributed by atoms with Crippen molar-refractivity contribution in [2.75, 3.05) is 0 Å². The first-order chi connectivity index (χ1) is 6.41. The molecule has 0 fully saturated rings. The molecular weight excluding hydrogens is 183 g/mol. The lowest BCUT2D eigenvalue weighted by Crippen LogP contribution is -2.25. The molecule has 0 bridgehead atoms. The Morgan fingerprint density at radius 3 is 2.36 bits per heavy atom. The molecule has 0 heterocycles. The van der Waals surface area contributed by atoms with Crippen LogP contribution >= 0.6 is 0 Å². The number of halogens is 1. The Hall–Kier alpha value is -1.38. The third kappa shape index (κ3) is 2.55. The molecule has 0 aliphatic heterocycles. The van der Waals surface area contributed by atoms with Gasteiger partial charge in [0.1, 0.15) is 0 Å². The summed E-state index contributed by atoms with van der Waals surface area (Å²) in [4.78, 5) is 11.4. The minimum absolute atomic E-state index is 0.0209. The van der Waals surface area contributed by atoms with Gasteiger partial charge in [-0.25, -0.2) is 4.39 Å². The van der Waals surface area contributed by atoms with E-state index in [2.05, 4.69) is 0 Å². The Morgan fingerprint density at radius 1 is 1.29 bits per heavy atom. The van der Waals surface area contributed by atoms with Gasteiger partial charge in [0, 0.05) is 0 Å². The van der Waals surface area contributed by atoms with Crippen molar-refractivity contribution in [2.24, 2.45) is 5.41 Å². The normalized spacial score (nSPS) is 11.1. The van der Waals surface area contributed by atoms with E-state index >= 15 is 0 Å². The molecule has 0 aromatic heterocycles. The topological polar surface area (TPSA) is 26.3 Å². The van der Waals surface area contributed by atoms with Crippen LogP contribution in [0.5, 0.6) is 5.75 Å². The number of benzene rings is 1. The van der Waals surface area contributed by atoms with Crippen molar-refractivity contribution in [1.82, 2.24) is 0 Å². The lowest BCUT2D eigenvalue weighted by atomic mass is 9.97. The van der Waals surface area contributed by atoms with Crippen LogP contribution in [0, 0.1) is 11.2 Å². The maximum absolute atomic E-state index is 13.1. The SMILES string of the molecule is CC(C)(C)C(=O)Oc1ccccc1F. The van der Waals surface area contributed by atoms with Gasteiger partial charge in [-0.1, -0.05) is 12.1 Å². The number of carbonyl (C=O) groups excluding carboxylic acids is 1. The molecule has 0 aliphatic rings. The van der Waals surface area contributed by atoms with Gasteiger partial charge in [-0.2, -0.15) is 0 Å². The fourth-order valence-electron chi connectivity index (χ4n) is 0.780. The highest BCUT2D eigenvalue weighted by molar-refractivity contribution is 5.77. The van der Waals surface area contributed by atoms with Crippen LogP contribution in [0.3, 0.4) is 0 Å². The zero-order valence-corrected chi connectivity index (χ0v) is 8.50. The zero-order chi connectivity index (χ0) is 10.8. The molecule has 3 heteroatoms. The van der Waals surface area contributed by atoms with E-state index < -0.39 is 17.2 Å². The molecule has 0 spiro atoms. The molecule has 76 valence electrons. The monoisotopic (exact) mass is 196 g/mol. The Kier molecular flexibility index (Phi) is 2.89. The average molecular weight is 196 g/mol. The second-order valence-electron chi connectivity index (χ2n) is 4.07. The highest BCUT2D eigenvalue weighted by atomic mass is 19.1. The van der Waals surface area contributed by atoms with Crippen LogP contribution < -0.4 is 4.74 Å². The van der Waals surface area contributed by atoms with Crippen molar-refractivity contribution in [3.63, 3.8) is 0 Å². The van der Waals surface area contributed by atoms with Gasteiger partial charge < -0.3 is 4.74 Å². The molecule has 1 aromatic carbocycles. The standard InChI is InChI=1S/C11H13FO2/c1-11(2,3)10(13)14-9-7-5-4-6-8(9)12/h4-7H,1-3H3. The Bertz CT molecular complexity index is 339. The summed E-state index contributed by atoms with van der Waals surface area (Å²) in [6.45, 7) is 5.16. The summed E-state index contributed by atoms with van der Waals surface area (Å²) in [6.07, 6.45) is 0. The fraction of sp³-hybridized carbons (Fsp3) is 0.364. The summed E-state index contributed by atoms with van der Waals surface area (Å²) < 4.78 is 18.0. The Labute approximate surface area is 82.7 Å². The largest absolute Gasteiger partial charge is 0.423 e. The van der Waals surface area contributed by atoms with Crippen LogP contribution in [0.25, 0.3) is 0 Å². The van der Waals surface area contributed by atoms with Crippen LogP contribution in [0.4, 0.5) is 4.39 Å². The number of carbonyl (C=O) groups is 1. The molecule has 1 aromatic rings. The lowest BCUT2D eigenvalue weighted by molar-refractivity contribution is -0.143. The number of esters is 1. The minimum Gasteiger partial charge on any atom is -0.423 e. The molecule has 0 saturated carbocycles. The summed E-state index contributed by atoms with van der Waals surface area (Å²) >= 11 is 0. The summed E-state index contributed by atoms with van der Waals surface area (Å²) in [7, 11) is 0. The van der Waals surface area contributed by atoms with E-state index in [-0.39, 0.29) is 5.75 Å². The highest BCUT2D eigenvalue weighted by Crippen LogP contribution is 2.21. The molecule has 0 atom stereocenters. The maximum atomic E-state index is 13.1. The molecular formula is C11H13FO2. The number of ether oxygens (including phenoxy) is 1. The average Bonchev–Trinajstić information content (AvgIpc) is 2.07. The first kappa shape index (κ1) is 10.7. The van der Waals surface area contributed by atoms with E-state index in [1.807, 2.05) is 0 Å². The summed E-state index contributed by atoms with van der Waals surface area (Å²) in [5, 5.41) is 0. The van der Waals surface area contributed by atoms with Crippen LogP contribution in [-0.2, 0) is 4.79 Å². The predicted octanol–water partition coefficient (Wildman–Crippen LogP) is 2.78. The van der Waals surface area contributed by atoms with Crippen LogP contribution in [0.1, 0.15) is 20.8 Å². The molecule has 1 rings (SSSR count). The van der Waals surface area contributed by atoms with Gasteiger partial charge in [0.05, 0.1) is 5.41 Å². The van der Waals surface area contributed by atoms with Crippen LogP contribution in [-0.4, -0.2) is 5.97 Å². The molecule has 0 aliphatic carbocycles. The molecule has 2 nitrogen and oxygen atoms in total. The molecule has 0 unspecified atom stereocenters. The summed E-state index contributed by atoms with van der Waals surface area (Å²) in [6, 6.07) is 5.85. The van der Waals surface area contributed by atoms with Gasteiger partial charge >= 0.3 is 5.97 Å². The number of rotatable bonds is 1. The Morgan fingerprint density at radius 2 is 1.86 bits per heavy atom. The molecule has 0 N–H and O–H groups in total. The second kappa shape index (κ2) is 3.78. The molecule has 0 saturated heterocycles. The third-order valence-corrected chi connectivity index (χ3v) is 1.65. The van der Waals surface area contributed by atoms with Crippen LogP contribution in [0.15, 0.2) is 24.3 Å². The minimum atomic E-state index is -0.623. The quantitative estimate of drug-likeness (QED) is 0.510. The van der Waals surface area contributed by atoms with Crippen molar-refractivity contribution in [3.8, 4) is 5.75 Å². The van der Waals surface area contributed by atoms with E-state index in [0.29, 0.717) is 0 Å². The van der Waals surface area contributed by atoms with Crippen molar-refractivity contribution in [1.29, 1.82) is 0 Å². The van der Waals surface area contributed by atoms with Gasteiger partial charge in [0.2, 0.25) is 0 Å². The highest BCUT2D eigenvalue weighted by Gasteiger charge is 2.24. The van der Waals surface area contributed by atoms with Crippen molar-refractivity contribution >= 4 is 5.97 Å². The van der Waals surface area contributed by atoms with Crippen molar-refractivity contribution < 1.29 is 13.9 Å². The predicted molar refractivity (Wildman–Crippen MR) is 51.5 cm³/mol. The molecule has 0 amide bonds. The summed E-state index contributed by atoms with van der Waals surface area (Å²) in [5.74, 6) is -0.986. The number of hydrogen-bond donors (Lipinski definition) is 0.